The fourth-order valence-corrected chi connectivity index (χ4v) is 4.05. The number of para-hydroxylation sites is 2. The van der Waals surface area contributed by atoms with Gasteiger partial charge in [-0.2, -0.15) is 0 Å². The van der Waals surface area contributed by atoms with Crippen LogP contribution in [0.1, 0.15) is 12.5 Å². The summed E-state index contributed by atoms with van der Waals surface area (Å²) in [4.78, 5) is 17.5. The van der Waals surface area contributed by atoms with E-state index in [-0.39, 0.29) is 34.5 Å². The van der Waals surface area contributed by atoms with Crippen LogP contribution in [0.4, 0.5) is 5.69 Å². The molecule has 0 bridgehead atoms. The zero-order chi connectivity index (χ0) is 23.3. The van der Waals surface area contributed by atoms with Gasteiger partial charge in [-0.25, -0.2) is 9.79 Å². The molecular formula is C23H23NO7S. The number of aliphatic hydroxyl groups excluding tert-OH is 1. The molecule has 1 aliphatic heterocycles. The second-order valence-corrected chi connectivity index (χ2v) is 7.45. The molecule has 0 spiro atoms. The minimum Gasteiger partial charge on any atom is -0.506 e. The predicted molar refractivity (Wildman–Crippen MR) is 123 cm³/mol. The summed E-state index contributed by atoms with van der Waals surface area (Å²) in [6, 6.07) is 10.2. The normalized spacial score (nSPS) is 15.9. The van der Waals surface area contributed by atoms with Gasteiger partial charge in [0.2, 0.25) is 5.75 Å². The van der Waals surface area contributed by atoms with Crippen LogP contribution in [0, 0.1) is 0 Å². The molecule has 1 aliphatic rings. The van der Waals surface area contributed by atoms with Gasteiger partial charge in [0.05, 0.1) is 32.8 Å². The van der Waals surface area contributed by atoms with E-state index in [4.69, 9.17) is 18.9 Å². The maximum atomic E-state index is 12.6. The van der Waals surface area contributed by atoms with E-state index in [0.717, 1.165) is 11.8 Å². The number of hydrogen-bond acceptors (Lipinski definition) is 9. The monoisotopic (exact) mass is 457 g/mol. The molecule has 2 aromatic rings. The summed E-state index contributed by atoms with van der Waals surface area (Å²) in [6.07, 6.45) is 1.60. The van der Waals surface area contributed by atoms with Gasteiger partial charge < -0.3 is 29.2 Å². The Bertz CT molecular complexity index is 1120. The van der Waals surface area contributed by atoms with Crippen molar-refractivity contribution in [2.24, 2.45) is 4.99 Å². The van der Waals surface area contributed by atoms with Crippen LogP contribution in [-0.2, 0) is 9.53 Å². The van der Waals surface area contributed by atoms with Gasteiger partial charge in [-0.3, -0.25) is 0 Å². The lowest BCUT2D eigenvalue weighted by Crippen LogP contribution is -2.12. The third-order valence-corrected chi connectivity index (χ3v) is 5.48. The van der Waals surface area contributed by atoms with Crippen molar-refractivity contribution in [3.8, 4) is 23.0 Å². The number of thioether (sulfide) groups is 1. The van der Waals surface area contributed by atoms with Crippen LogP contribution in [0.15, 0.2) is 57.6 Å². The molecule has 0 atom stereocenters. The van der Waals surface area contributed by atoms with E-state index in [1.165, 1.54) is 27.4 Å². The Morgan fingerprint density at radius 1 is 1.06 bits per heavy atom. The number of aliphatic imine (C=N–C) groups is 1. The Kier molecular flexibility index (Phi) is 7.32. The van der Waals surface area contributed by atoms with Crippen LogP contribution in [0.2, 0.25) is 0 Å². The number of benzene rings is 2. The number of carbonyl (C=O) groups is 1. The molecule has 0 saturated carbocycles. The highest BCUT2D eigenvalue weighted by Gasteiger charge is 2.33. The number of hydrogen-bond donors (Lipinski definition) is 2. The van der Waals surface area contributed by atoms with E-state index in [0.29, 0.717) is 27.7 Å². The number of carbonyl (C=O) groups excluding carboxylic acids is 1. The highest BCUT2D eigenvalue weighted by atomic mass is 32.2. The Hall–Kier alpha value is -3.59. The summed E-state index contributed by atoms with van der Waals surface area (Å²) in [5, 5.41) is 21.3. The maximum absolute atomic E-state index is 12.6. The van der Waals surface area contributed by atoms with Gasteiger partial charge in [-0.05, 0) is 42.8 Å². The lowest BCUT2D eigenvalue weighted by atomic mass is 10.1. The average molecular weight is 458 g/mol. The number of ether oxygens (including phenoxy) is 4. The van der Waals surface area contributed by atoms with Gasteiger partial charge in [-0.1, -0.05) is 23.9 Å². The van der Waals surface area contributed by atoms with Crippen molar-refractivity contribution in [3.63, 3.8) is 0 Å². The van der Waals surface area contributed by atoms with Crippen molar-refractivity contribution in [2.45, 2.75) is 6.92 Å². The predicted octanol–water partition coefficient (Wildman–Crippen LogP) is 4.61. The zero-order valence-electron chi connectivity index (χ0n) is 18.0. The minimum atomic E-state index is -0.690. The van der Waals surface area contributed by atoms with Crippen molar-refractivity contribution in [2.75, 3.05) is 27.9 Å². The topological polar surface area (TPSA) is 107 Å². The van der Waals surface area contributed by atoms with Crippen molar-refractivity contribution >= 4 is 34.5 Å². The Labute approximate surface area is 189 Å². The summed E-state index contributed by atoms with van der Waals surface area (Å²) >= 11 is 1.10. The second kappa shape index (κ2) is 10.1. The van der Waals surface area contributed by atoms with Crippen LogP contribution < -0.4 is 14.2 Å². The van der Waals surface area contributed by atoms with Gasteiger partial charge in [0, 0.05) is 0 Å². The van der Waals surface area contributed by atoms with Crippen LogP contribution >= 0.6 is 11.8 Å². The minimum absolute atomic E-state index is 0.0429. The first-order valence-corrected chi connectivity index (χ1v) is 10.4. The lowest BCUT2D eigenvalue weighted by Gasteiger charge is -2.10. The summed E-state index contributed by atoms with van der Waals surface area (Å²) in [6.45, 7) is 1.82. The Morgan fingerprint density at radius 2 is 1.78 bits per heavy atom. The quantitative estimate of drug-likeness (QED) is 0.581. The van der Waals surface area contributed by atoms with Gasteiger partial charge >= 0.3 is 5.97 Å². The van der Waals surface area contributed by atoms with Crippen LogP contribution in [0.5, 0.6) is 23.0 Å². The molecule has 3 rings (SSSR count). The average Bonchev–Trinajstić information content (AvgIpc) is 3.08. The van der Waals surface area contributed by atoms with Crippen LogP contribution in [0.3, 0.4) is 0 Å². The number of phenolic OH excluding ortho intramolecular Hbond substituents is 1. The molecule has 2 N–H and O–H groups in total. The van der Waals surface area contributed by atoms with Gasteiger partial charge in [0.15, 0.2) is 11.5 Å². The second-order valence-electron chi connectivity index (χ2n) is 6.42. The first-order valence-electron chi connectivity index (χ1n) is 9.60. The summed E-state index contributed by atoms with van der Waals surface area (Å²) in [5.74, 6) is -0.0520. The molecule has 168 valence electrons. The molecule has 8 nitrogen and oxygen atoms in total. The standard InChI is InChI=1S/C23H23NO7S/c1-5-31-23(27)19-20(26)18(12-13-10-15(25)21(30-4)17(11-13)29-3)32-22(19)24-14-8-6-7-9-16(14)28-2/h6-12,25-26H,5H2,1-4H3/b18-12+,24-22?. The number of aliphatic hydroxyl groups is 1. The number of methoxy groups -OCH3 is 3. The molecule has 0 unspecified atom stereocenters. The van der Waals surface area contributed by atoms with E-state index >= 15 is 0 Å². The highest BCUT2D eigenvalue weighted by Crippen LogP contribution is 2.43. The summed E-state index contributed by atoms with van der Waals surface area (Å²) in [5.41, 5.74) is 0.978. The summed E-state index contributed by atoms with van der Waals surface area (Å²) in [7, 11) is 4.39. The molecule has 0 radical (unpaired) electrons. The van der Waals surface area contributed by atoms with Crippen molar-refractivity contribution in [3.05, 3.63) is 58.2 Å². The van der Waals surface area contributed by atoms with Crippen molar-refractivity contribution in [1.29, 1.82) is 0 Å². The Balaban J connectivity index is 2.10. The van der Waals surface area contributed by atoms with Gasteiger partial charge in [0.1, 0.15) is 27.8 Å². The van der Waals surface area contributed by atoms with Gasteiger partial charge in [-0.15, -0.1) is 0 Å². The van der Waals surface area contributed by atoms with Crippen molar-refractivity contribution in [1.82, 2.24) is 0 Å². The van der Waals surface area contributed by atoms with E-state index in [2.05, 4.69) is 4.99 Å². The van der Waals surface area contributed by atoms with E-state index < -0.39 is 5.97 Å². The number of aromatic hydroxyl groups is 1. The van der Waals surface area contributed by atoms with Crippen LogP contribution in [-0.4, -0.2) is 49.2 Å². The number of nitrogens with zero attached hydrogens (tertiary/aromatic N) is 1. The smallest absolute Gasteiger partial charge is 0.344 e. The SMILES string of the molecule is CCOC(=O)C1=C(O)/C(=C\c2cc(O)c(OC)c(OC)c2)SC1=Nc1ccccc1OC. The molecule has 0 aromatic heterocycles. The third-order valence-electron chi connectivity index (χ3n) is 4.46. The van der Waals surface area contributed by atoms with E-state index in [1.54, 1.807) is 43.3 Å². The largest absolute Gasteiger partial charge is 0.506 e. The molecule has 0 amide bonds. The fraction of sp³-hybridized carbons (Fsp3) is 0.217. The number of rotatable bonds is 7. The third kappa shape index (κ3) is 4.67. The van der Waals surface area contributed by atoms with Crippen LogP contribution in [0.25, 0.3) is 6.08 Å². The molecule has 9 heteroatoms. The molecule has 1 heterocycles. The van der Waals surface area contributed by atoms with E-state index in [9.17, 15) is 15.0 Å². The molecule has 0 aliphatic carbocycles. The molecule has 32 heavy (non-hydrogen) atoms. The van der Waals surface area contributed by atoms with Crippen molar-refractivity contribution < 1.29 is 34.0 Å². The Morgan fingerprint density at radius 3 is 2.44 bits per heavy atom. The molecule has 0 fully saturated rings. The first kappa shape index (κ1) is 23.1. The number of phenols is 1. The highest BCUT2D eigenvalue weighted by molar-refractivity contribution is 8.18. The molecular weight excluding hydrogens is 434 g/mol. The van der Waals surface area contributed by atoms with E-state index in [1.807, 2.05) is 0 Å². The lowest BCUT2D eigenvalue weighted by molar-refractivity contribution is -0.138. The molecule has 2 aromatic carbocycles. The number of esters is 1. The van der Waals surface area contributed by atoms with Gasteiger partial charge in [0.25, 0.3) is 0 Å². The fourth-order valence-electron chi connectivity index (χ4n) is 3.02. The maximum Gasteiger partial charge on any atom is 0.344 e. The molecule has 0 saturated heterocycles. The zero-order valence-corrected chi connectivity index (χ0v) is 18.9. The summed E-state index contributed by atoms with van der Waals surface area (Å²) < 4.78 is 20.8. The first-order chi connectivity index (χ1) is 15.4.